The Morgan fingerprint density at radius 2 is 2.05 bits per heavy atom. The Morgan fingerprint density at radius 3 is 2.64 bits per heavy atom. The molecule has 22 heavy (non-hydrogen) atoms. The quantitative estimate of drug-likeness (QED) is 0.940. The minimum Gasteiger partial charge on any atom is -0.481 e. The number of nitrogens with zero attached hydrogens (tertiary/aromatic N) is 1. The van der Waals surface area contributed by atoms with Gasteiger partial charge in [0, 0.05) is 11.8 Å². The number of hydrogen-bond donors (Lipinski definition) is 1. The molecule has 2 aromatic rings. The lowest BCUT2D eigenvalue weighted by Crippen LogP contribution is -2.06. The molecule has 1 aromatic heterocycles. The molecule has 4 nitrogen and oxygen atoms in total. The monoisotopic (exact) mass is 311 g/mol. The maximum absolute atomic E-state index is 12.8. The second kappa shape index (κ2) is 6.05. The lowest BCUT2D eigenvalue weighted by molar-refractivity contribution is -0.138. The van der Waals surface area contributed by atoms with E-state index in [-0.39, 0.29) is 23.4 Å². The number of pyridine rings is 1. The predicted octanol–water partition coefficient (Wildman–Crippen LogP) is 3.40. The highest BCUT2D eigenvalue weighted by atomic mass is 19.4. The Bertz CT molecular complexity index is 699. The van der Waals surface area contributed by atoms with Gasteiger partial charge in [-0.2, -0.15) is 13.2 Å². The summed E-state index contributed by atoms with van der Waals surface area (Å²) in [6.45, 7) is 0. The van der Waals surface area contributed by atoms with Crippen LogP contribution in [0.1, 0.15) is 11.1 Å². The van der Waals surface area contributed by atoms with E-state index in [1.54, 1.807) is 0 Å². The van der Waals surface area contributed by atoms with Crippen LogP contribution in [-0.4, -0.2) is 23.2 Å². The Hall–Kier alpha value is -2.57. The van der Waals surface area contributed by atoms with Crippen molar-refractivity contribution in [2.75, 3.05) is 7.11 Å². The molecule has 0 bridgehead atoms. The normalized spacial score (nSPS) is 11.3. The number of ether oxygens (including phenoxy) is 1. The SMILES string of the molecule is COc1nccc(CC(=O)O)c1-c1cccc(C(F)(F)F)c1. The van der Waals surface area contributed by atoms with Gasteiger partial charge in [0.25, 0.3) is 0 Å². The van der Waals surface area contributed by atoms with Gasteiger partial charge in [0.05, 0.1) is 19.1 Å². The average Bonchev–Trinajstić information content (AvgIpc) is 2.45. The summed E-state index contributed by atoms with van der Waals surface area (Å²) in [6.07, 6.45) is -3.48. The van der Waals surface area contributed by atoms with Crippen LogP contribution in [0.3, 0.4) is 0 Å². The van der Waals surface area contributed by atoms with E-state index in [1.807, 2.05) is 0 Å². The van der Waals surface area contributed by atoms with Gasteiger partial charge < -0.3 is 9.84 Å². The Balaban J connectivity index is 2.62. The highest BCUT2D eigenvalue weighted by Crippen LogP contribution is 2.36. The molecule has 0 aliphatic heterocycles. The predicted molar refractivity (Wildman–Crippen MR) is 72.6 cm³/mol. The Labute approximate surface area is 124 Å². The summed E-state index contributed by atoms with van der Waals surface area (Å²) in [7, 11) is 1.32. The molecule has 0 unspecified atom stereocenters. The second-order valence-electron chi connectivity index (χ2n) is 4.50. The average molecular weight is 311 g/mol. The van der Waals surface area contributed by atoms with Crippen molar-refractivity contribution in [1.29, 1.82) is 0 Å². The number of benzene rings is 1. The first-order chi connectivity index (χ1) is 10.3. The number of aromatic nitrogens is 1. The lowest BCUT2D eigenvalue weighted by Gasteiger charge is -2.14. The number of halogens is 3. The molecule has 0 saturated carbocycles. The third-order valence-corrected chi connectivity index (χ3v) is 3.02. The first kappa shape index (κ1) is 15.8. The lowest BCUT2D eigenvalue weighted by atomic mass is 9.97. The molecule has 0 aliphatic carbocycles. The summed E-state index contributed by atoms with van der Waals surface area (Å²) < 4.78 is 43.6. The van der Waals surface area contributed by atoms with Gasteiger partial charge in [-0.3, -0.25) is 4.79 Å². The van der Waals surface area contributed by atoms with Gasteiger partial charge >= 0.3 is 12.1 Å². The number of carbonyl (C=O) groups is 1. The summed E-state index contributed by atoms with van der Waals surface area (Å²) in [4.78, 5) is 14.9. The molecule has 0 saturated heterocycles. The van der Waals surface area contributed by atoms with E-state index >= 15 is 0 Å². The van der Waals surface area contributed by atoms with Crippen LogP contribution < -0.4 is 4.74 Å². The van der Waals surface area contributed by atoms with Crippen LogP contribution >= 0.6 is 0 Å². The van der Waals surface area contributed by atoms with Gasteiger partial charge in [0.1, 0.15) is 0 Å². The largest absolute Gasteiger partial charge is 0.481 e. The summed E-state index contributed by atoms with van der Waals surface area (Å²) in [5.74, 6) is -1.01. The molecule has 0 amide bonds. The number of carboxylic acids is 1. The third kappa shape index (κ3) is 3.36. The number of rotatable bonds is 4. The summed E-state index contributed by atoms with van der Waals surface area (Å²) >= 11 is 0. The Kier molecular flexibility index (Phi) is 4.35. The van der Waals surface area contributed by atoms with E-state index in [2.05, 4.69) is 4.98 Å². The molecule has 2 rings (SSSR count). The molecule has 1 N–H and O–H groups in total. The molecular weight excluding hydrogens is 299 g/mol. The molecule has 0 spiro atoms. The van der Waals surface area contributed by atoms with Gasteiger partial charge in [0.2, 0.25) is 5.88 Å². The van der Waals surface area contributed by atoms with E-state index in [4.69, 9.17) is 9.84 Å². The fourth-order valence-corrected chi connectivity index (χ4v) is 2.11. The van der Waals surface area contributed by atoms with Crippen LogP contribution in [0.2, 0.25) is 0 Å². The van der Waals surface area contributed by atoms with Crippen molar-refractivity contribution in [1.82, 2.24) is 4.98 Å². The van der Waals surface area contributed by atoms with E-state index < -0.39 is 17.7 Å². The topological polar surface area (TPSA) is 59.4 Å². The summed E-state index contributed by atoms with van der Waals surface area (Å²) in [5, 5.41) is 8.94. The van der Waals surface area contributed by atoms with Gasteiger partial charge in [-0.15, -0.1) is 0 Å². The first-order valence-corrected chi connectivity index (χ1v) is 6.24. The number of carboxylic acid groups (broad SMARTS) is 1. The molecule has 1 aromatic carbocycles. The van der Waals surface area contributed by atoms with E-state index in [0.717, 1.165) is 12.1 Å². The second-order valence-corrected chi connectivity index (χ2v) is 4.50. The molecule has 0 fully saturated rings. The number of hydrogen-bond acceptors (Lipinski definition) is 3. The van der Waals surface area contributed by atoms with Crippen LogP contribution in [0.25, 0.3) is 11.1 Å². The van der Waals surface area contributed by atoms with E-state index in [1.165, 1.54) is 31.5 Å². The van der Waals surface area contributed by atoms with Gasteiger partial charge in [-0.1, -0.05) is 12.1 Å². The summed E-state index contributed by atoms with van der Waals surface area (Å²) in [5.41, 5.74) is -0.0367. The van der Waals surface area contributed by atoms with Crippen molar-refractivity contribution in [2.24, 2.45) is 0 Å². The maximum Gasteiger partial charge on any atom is 0.416 e. The standard InChI is InChI=1S/C15H12F3NO3/c1-22-14-13(10(5-6-19-14)8-12(20)21)9-3-2-4-11(7-9)15(16,17)18/h2-7H,8H2,1H3,(H,20,21). The van der Waals surface area contributed by atoms with Crippen LogP contribution in [0.4, 0.5) is 13.2 Å². The zero-order chi connectivity index (χ0) is 16.3. The van der Waals surface area contributed by atoms with Crippen molar-refractivity contribution in [3.63, 3.8) is 0 Å². The van der Waals surface area contributed by atoms with E-state index in [0.29, 0.717) is 5.56 Å². The molecule has 0 radical (unpaired) electrons. The molecule has 0 aliphatic rings. The molecule has 1 heterocycles. The maximum atomic E-state index is 12.8. The zero-order valence-corrected chi connectivity index (χ0v) is 11.5. The minimum atomic E-state index is -4.49. The molecule has 0 atom stereocenters. The van der Waals surface area contributed by atoms with Crippen molar-refractivity contribution in [3.05, 3.63) is 47.7 Å². The van der Waals surface area contributed by atoms with Crippen molar-refractivity contribution in [3.8, 4) is 17.0 Å². The number of aliphatic carboxylic acids is 1. The molecule has 116 valence electrons. The fourth-order valence-electron chi connectivity index (χ4n) is 2.11. The van der Waals surface area contributed by atoms with Crippen molar-refractivity contribution in [2.45, 2.75) is 12.6 Å². The smallest absolute Gasteiger partial charge is 0.416 e. The van der Waals surface area contributed by atoms with Crippen LogP contribution in [0.15, 0.2) is 36.5 Å². The van der Waals surface area contributed by atoms with E-state index in [9.17, 15) is 18.0 Å². The van der Waals surface area contributed by atoms with Crippen LogP contribution in [0, 0.1) is 0 Å². The first-order valence-electron chi connectivity index (χ1n) is 6.24. The van der Waals surface area contributed by atoms with Gasteiger partial charge in [-0.25, -0.2) is 4.98 Å². The molecule has 7 heteroatoms. The van der Waals surface area contributed by atoms with Crippen molar-refractivity contribution < 1.29 is 27.8 Å². The summed E-state index contributed by atoms with van der Waals surface area (Å²) in [6, 6.07) is 6.07. The van der Waals surface area contributed by atoms with Crippen LogP contribution in [0.5, 0.6) is 5.88 Å². The highest BCUT2D eigenvalue weighted by molar-refractivity contribution is 5.79. The van der Waals surface area contributed by atoms with Crippen LogP contribution in [-0.2, 0) is 17.4 Å². The third-order valence-electron chi connectivity index (χ3n) is 3.02. The number of methoxy groups -OCH3 is 1. The van der Waals surface area contributed by atoms with Crippen molar-refractivity contribution >= 4 is 5.97 Å². The zero-order valence-electron chi connectivity index (χ0n) is 11.5. The van der Waals surface area contributed by atoms with Gasteiger partial charge in [-0.05, 0) is 29.3 Å². The molecular formula is C15H12F3NO3. The number of alkyl halides is 3. The Morgan fingerprint density at radius 1 is 1.32 bits per heavy atom. The minimum absolute atomic E-state index is 0.0816. The van der Waals surface area contributed by atoms with Gasteiger partial charge in [0.15, 0.2) is 0 Å². The highest BCUT2D eigenvalue weighted by Gasteiger charge is 2.31. The fraction of sp³-hybridized carbons (Fsp3) is 0.200.